The van der Waals surface area contributed by atoms with Crippen LogP contribution in [0, 0.1) is 5.92 Å². The summed E-state index contributed by atoms with van der Waals surface area (Å²) in [5.74, 6) is 0.869. The van der Waals surface area contributed by atoms with Crippen LogP contribution in [-0.2, 0) is 6.18 Å². The highest BCUT2D eigenvalue weighted by atomic mass is 19.4. The van der Waals surface area contributed by atoms with Gasteiger partial charge in [0.2, 0.25) is 0 Å². The molecule has 3 nitrogen and oxygen atoms in total. The summed E-state index contributed by atoms with van der Waals surface area (Å²) in [4.78, 5) is 2.39. The van der Waals surface area contributed by atoms with Crippen molar-refractivity contribution in [2.75, 3.05) is 33.3 Å². The maximum atomic E-state index is 13.0. The van der Waals surface area contributed by atoms with Gasteiger partial charge >= 0.3 is 6.18 Å². The number of hydrogen-bond donors (Lipinski definition) is 1. The van der Waals surface area contributed by atoms with Crippen LogP contribution in [0.25, 0.3) is 0 Å². The van der Waals surface area contributed by atoms with Crippen LogP contribution in [-0.4, -0.2) is 38.2 Å². The Bertz CT molecular complexity index is 537. The Morgan fingerprint density at radius 3 is 2.43 bits per heavy atom. The Kier molecular flexibility index (Phi) is 4.82. The molecule has 0 aromatic heterocycles. The first-order valence-corrected chi connectivity index (χ1v) is 8.20. The molecule has 2 fully saturated rings. The zero-order chi connectivity index (χ0) is 16.4. The summed E-state index contributed by atoms with van der Waals surface area (Å²) < 4.78 is 44.2. The Labute approximate surface area is 134 Å². The summed E-state index contributed by atoms with van der Waals surface area (Å²) in [6.45, 7) is 3.69. The molecule has 2 aliphatic rings. The van der Waals surface area contributed by atoms with Gasteiger partial charge in [0.25, 0.3) is 0 Å². The molecule has 1 aromatic carbocycles. The van der Waals surface area contributed by atoms with E-state index >= 15 is 0 Å². The molecule has 1 heterocycles. The molecule has 6 heteroatoms. The molecular weight excluding hydrogens is 305 g/mol. The van der Waals surface area contributed by atoms with Gasteiger partial charge in [0.05, 0.1) is 12.7 Å². The second-order valence-electron chi connectivity index (χ2n) is 6.38. The molecule has 0 radical (unpaired) electrons. The number of nitrogens with one attached hydrogen (secondary N) is 1. The molecule has 1 saturated heterocycles. The second-order valence-corrected chi connectivity index (χ2v) is 6.38. The van der Waals surface area contributed by atoms with E-state index < -0.39 is 11.7 Å². The van der Waals surface area contributed by atoms with E-state index in [4.69, 9.17) is 4.74 Å². The van der Waals surface area contributed by atoms with E-state index in [0.29, 0.717) is 11.7 Å². The average Bonchev–Trinajstić information content (AvgIpc) is 2.50. The molecule has 1 aromatic rings. The number of methoxy groups -OCH3 is 1. The first-order chi connectivity index (χ1) is 11.0. The van der Waals surface area contributed by atoms with Crippen LogP contribution in [0.15, 0.2) is 18.2 Å². The van der Waals surface area contributed by atoms with Crippen molar-refractivity contribution < 1.29 is 17.9 Å². The van der Waals surface area contributed by atoms with E-state index in [2.05, 4.69) is 10.2 Å². The fourth-order valence-electron chi connectivity index (χ4n) is 3.60. The highest BCUT2D eigenvalue weighted by molar-refractivity contribution is 5.41. The lowest BCUT2D eigenvalue weighted by Gasteiger charge is -2.43. The molecule has 1 atom stereocenters. The smallest absolute Gasteiger partial charge is 0.416 e. The number of piperazine rings is 1. The SMILES string of the molecule is COc1cc(C(F)(F)F)ccc1[C@H](C1CCC1)N1CCNCC1. The van der Waals surface area contributed by atoms with Crippen LogP contribution in [0.1, 0.15) is 36.4 Å². The quantitative estimate of drug-likeness (QED) is 0.916. The minimum atomic E-state index is -4.34. The number of halogens is 3. The van der Waals surface area contributed by atoms with Crippen molar-refractivity contribution in [1.29, 1.82) is 0 Å². The Morgan fingerprint density at radius 2 is 1.91 bits per heavy atom. The minimum absolute atomic E-state index is 0.156. The van der Waals surface area contributed by atoms with Gasteiger partial charge in [0.1, 0.15) is 5.75 Å². The van der Waals surface area contributed by atoms with Crippen LogP contribution in [0.3, 0.4) is 0 Å². The molecule has 0 amide bonds. The number of rotatable bonds is 4. The number of benzene rings is 1. The van der Waals surface area contributed by atoms with Crippen LogP contribution in [0.2, 0.25) is 0 Å². The fraction of sp³-hybridized carbons (Fsp3) is 0.647. The summed E-state index contributed by atoms with van der Waals surface area (Å²) in [7, 11) is 1.45. The summed E-state index contributed by atoms with van der Waals surface area (Å²) >= 11 is 0. The van der Waals surface area contributed by atoms with E-state index in [9.17, 15) is 13.2 Å². The first-order valence-electron chi connectivity index (χ1n) is 8.20. The van der Waals surface area contributed by atoms with E-state index in [1.165, 1.54) is 19.6 Å². The maximum absolute atomic E-state index is 13.0. The molecule has 0 unspecified atom stereocenters. The van der Waals surface area contributed by atoms with E-state index in [1.54, 1.807) is 6.07 Å². The summed E-state index contributed by atoms with van der Waals surface area (Å²) in [6, 6.07) is 4.10. The summed E-state index contributed by atoms with van der Waals surface area (Å²) in [5, 5.41) is 3.33. The molecule has 1 saturated carbocycles. The monoisotopic (exact) mass is 328 g/mol. The minimum Gasteiger partial charge on any atom is -0.496 e. The highest BCUT2D eigenvalue weighted by Crippen LogP contribution is 2.45. The van der Waals surface area contributed by atoms with Gasteiger partial charge in [-0.2, -0.15) is 13.2 Å². The Morgan fingerprint density at radius 1 is 1.22 bits per heavy atom. The summed E-state index contributed by atoms with van der Waals surface area (Å²) in [5.41, 5.74) is 0.248. The van der Waals surface area contributed by atoms with Crippen LogP contribution in [0.4, 0.5) is 13.2 Å². The third-order valence-electron chi connectivity index (χ3n) is 5.02. The second kappa shape index (κ2) is 6.69. The largest absolute Gasteiger partial charge is 0.496 e. The van der Waals surface area contributed by atoms with Gasteiger partial charge in [-0.05, 0) is 30.9 Å². The molecule has 128 valence electrons. The highest BCUT2D eigenvalue weighted by Gasteiger charge is 2.37. The zero-order valence-electron chi connectivity index (χ0n) is 13.3. The van der Waals surface area contributed by atoms with E-state index in [0.717, 1.165) is 50.7 Å². The van der Waals surface area contributed by atoms with Gasteiger partial charge < -0.3 is 10.1 Å². The molecule has 0 spiro atoms. The van der Waals surface area contributed by atoms with Crippen molar-refractivity contribution in [3.05, 3.63) is 29.3 Å². The van der Waals surface area contributed by atoms with Crippen molar-refractivity contribution in [3.8, 4) is 5.75 Å². The molecule has 1 N–H and O–H groups in total. The third kappa shape index (κ3) is 3.48. The van der Waals surface area contributed by atoms with Crippen molar-refractivity contribution in [2.24, 2.45) is 5.92 Å². The summed E-state index contributed by atoms with van der Waals surface area (Å²) in [6.07, 6.45) is -0.861. The van der Waals surface area contributed by atoms with Crippen LogP contribution in [0.5, 0.6) is 5.75 Å². The number of nitrogens with zero attached hydrogens (tertiary/aromatic N) is 1. The topological polar surface area (TPSA) is 24.5 Å². The lowest BCUT2D eigenvalue weighted by molar-refractivity contribution is -0.137. The normalized spacial score (nSPS) is 21.7. The predicted molar refractivity (Wildman–Crippen MR) is 82.5 cm³/mol. The van der Waals surface area contributed by atoms with E-state index in [-0.39, 0.29) is 6.04 Å². The maximum Gasteiger partial charge on any atom is 0.416 e. The molecule has 3 rings (SSSR count). The van der Waals surface area contributed by atoms with Gasteiger partial charge in [-0.25, -0.2) is 0 Å². The molecule has 0 bridgehead atoms. The van der Waals surface area contributed by atoms with Crippen LogP contribution < -0.4 is 10.1 Å². The number of hydrogen-bond acceptors (Lipinski definition) is 3. The van der Waals surface area contributed by atoms with Crippen LogP contribution >= 0.6 is 0 Å². The van der Waals surface area contributed by atoms with Crippen molar-refractivity contribution in [1.82, 2.24) is 10.2 Å². The lowest BCUT2D eigenvalue weighted by atomic mass is 9.76. The van der Waals surface area contributed by atoms with Gasteiger partial charge in [-0.1, -0.05) is 12.5 Å². The van der Waals surface area contributed by atoms with Gasteiger partial charge in [-0.3, -0.25) is 4.90 Å². The molecule has 23 heavy (non-hydrogen) atoms. The Balaban J connectivity index is 1.94. The van der Waals surface area contributed by atoms with Gasteiger partial charge in [-0.15, -0.1) is 0 Å². The number of ether oxygens (including phenoxy) is 1. The molecule has 1 aliphatic heterocycles. The van der Waals surface area contributed by atoms with Gasteiger partial charge in [0.15, 0.2) is 0 Å². The third-order valence-corrected chi connectivity index (χ3v) is 5.02. The van der Waals surface area contributed by atoms with Gasteiger partial charge in [0, 0.05) is 37.8 Å². The van der Waals surface area contributed by atoms with Crippen molar-refractivity contribution >= 4 is 0 Å². The standard InChI is InChI=1S/C17H23F3N2O/c1-23-15-11-13(17(18,19)20)5-6-14(15)16(12-3-2-4-12)22-9-7-21-8-10-22/h5-6,11-12,16,21H,2-4,7-10H2,1H3/t16-/m0/s1. The van der Waals surface area contributed by atoms with Crippen molar-refractivity contribution in [2.45, 2.75) is 31.5 Å². The van der Waals surface area contributed by atoms with E-state index in [1.807, 2.05) is 0 Å². The fourth-order valence-corrected chi connectivity index (χ4v) is 3.60. The van der Waals surface area contributed by atoms with Crippen molar-refractivity contribution in [3.63, 3.8) is 0 Å². The average molecular weight is 328 g/mol. The zero-order valence-corrected chi connectivity index (χ0v) is 13.3. The Hall–Kier alpha value is -1.27. The molecule has 1 aliphatic carbocycles. The molecular formula is C17H23F3N2O. The lowest BCUT2D eigenvalue weighted by Crippen LogP contribution is -2.47. The number of alkyl halides is 3. The first kappa shape index (κ1) is 16.6. The predicted octanol–water partition coefficient (Wildman–Crippen LogP) is 3.46.